The van der Waals surface area contributed by atoms with Crippen LogP contribution in [0.15, 0.2) is 36.4 Å². The number of carbonyl (C=O) groups excluding carboxylic acids is 3. The van der Waals surface area contributed by atoms with Gasteiger partial charge in [0.25, 0.3) is 0 Å². The third-order valence-electron chi connectivity index (χ3n) is 5.94. The summed E-state index contributed by atoms with van der Waals surface area (Å²) in [5.41, 5.74) is 0.909. The summed E-state index contributed by atoms with van der Waals surface area (Å²) in [4.78, 5) is 40.7. The minimum Gasteiger partial charge on any atom is -0.491 e. The van der Waals surface area contributed by atoms with Gasteiger partial charge < -0.3 is 10.1 Å². The fourth-order valence-electron chi connectivity index (χ4n) is 4.43. The summed E-state index contributed by atoms with van der Waals surface area (Å²) in [5.74, 6) is -0.460. The summed E-state index contributed by atoms with van der Waals surface area (Å²) in [6, 6.07) is 6.55. The molecule has 0 bridgehead atoms. The van der Waals surface area contributed by atoms with Crippen LogP contribution in [0.3, 0.4) is 0 Å². The largest absolute Gasteiger partial charge is 0.491 e. The second-order valence-electron chi connectivity index (χ2n) is 9.32. The predicted molar refractivity (Wildman–Crippen MR) is 119 cm³/mol. The number of imide groups is 1. The number of likely N-dealkylation sites (tertiary alicyclic amines) is 1. The number of benzene rings is 1. The molecular formula is C25H34N2O4. The van der Waals surface area contributed by atoms with Gasteiger partial charge in [0.2, 0.25) is 17.7 Å². The SMILES string of the molecule is CC(C)C[C@H](C(=O)N[C@H](C)c1cccc(OC(C)C)c1)N1C(=O)[C@H]2CC=CC[C@H]2C1=O. The Morgan fingerprint density at radius 1 is 1.06 bits per heavy atom. The lowest BCUT2D eigenvalue weighted by atomic mass is 9.85. The average Bonchev–Trinajstić information content (AvgIpc) is 2.96. The molecule has 6 nitrogen and oxygen atoms in total. The molecule has 3 rings (SSSR count). The molecule has 0 unspecified atom stereocenters. The molecule has 4 atom stereocenters. The van der Waals surface area contributed by atoms with E-state index in [1.807, 2.05) is 71.0 Å². The Morgan fingerprint density at radius 3 is 2.23 bits per heavy atom. The molecule has 0 spiro atoms. The van der Waals surface area contributed by atoms with E-state index in [-0.39, 0.29) is 47.6 Å². The Labute approximate surface area is 185 Å². The number of carbonyl (C=O) groups is 3. The first-order valence-corrected chi connectivity index (χ1v) is 11.3. The van der Waals surface area contributed by atoms with Crippen molar-refractivity contribution in [2.45, 2.75) is 72.1 Å². The molecule has 1 aromatic rings. The van der Waals surface area contributed by atoms with Crippen molar-refractivity contribution in [3.8, 4) is 5.75 Å². The molecule has 3 amide bonds. The fraction of sp³-hybridized carbons (Fsp3) is 0.560. The van der Waals surface area contributed by atoms with Crippen LogP contribution in [0.1, 0.15) is 65.5 Å². The maximum Gasteiger partial charge on any atom is 0.243 e. The molecule has 6 heteroatoms. The van der Waals surface area contributed by atoms with Crippen LogP contribution >= 0.6 is 0 Å². The average molecular weight is 427 g/mol. The zero-order valence-electron chi connectivity index (χ0n) is 19.1. The number of hydrogen-bond donors (Lipinski definition) is 1. The molecule has 1 aromatic carbocycles. The highest BCUT2D eigenvalue weighted by atomic mass is 16.5. The van der Waals surface area contributed by atoms with Gasteiger partial charge in [-0.3, -0.25) is 19.3 Å². The Hall–Kier alpha value is -2.63. The Kier molecular flexibility index (Phi) is 7.19. The second-order valence-corrected chi connectivity index (χ2v) is 9.32. The van der Waals surface area contributed by atoms with Crippen LogP contribution in [0.4, 0.5) is 0 Å². The molecule has 2 aliphatic rings. The number of allylic oxidation sites excluding steroid dienone is 2. The molecule has 0 aromatic heterocycles. The van der Waals surface area contributed by atoms with Crippen LogP contribution in [0.5, 0.6) is 5.75 Å². The van der Waals surface area contributed by atoms with Crippen LogP contribution in [-0.4, -0.2) is 34.8 Å². The normalized spacial score (nSPS) is 22.6. The van der Waals surface area contributed by atoms with Crippen molar-refractivity contribution in [2.24, 2.45) is 17.8 Å². The monoisotopic (exact) mass is 426 g/mol. The third-order valence-corrected chi connectivity index (χ3v) is 5.94. The van der Waals surface area contributed by atoms with E-state index < -0.39 is 6.04 Å². The van der Waals surface area contributed by atoms with E-state index in [0.29, 0.717) is 19.3 Å². The minimum atomic E-state index is -0.789. The molecule has 1 heterocycles. The van der Waals surface area contributed by atoms with Gasteiger partial charge in [-0.15, -0.1) is 0 Å². The van der Waals surface area contributed by atoms with Crippen molar-refractivity contribution in [3.63, 3.8) is 0 Å². The minimum absolute atomic E-state index is 0.0563. The molecule has 1 N–H and O–H groups in total. The topological polar surface area (TPSA) is 75.7 Å². The van der Waals surface area contributed by atoms with Crippen LogP contribution in [0.2, 0.25) is 0 Å². The van der Waals surface area contributed by atoms with Gasteiger partial charge in [0, 0.05) is 0 Å². The maximum absolute atomic E-state index is 13.3. The second kappa shape index (κ2) is 9.67. The van der Waals surface area contributed by atoms with Crippen molar-refractivity contribution in [1.29, 1.82) is 0 Å². The van der Waals surface area contributed by atoms with E-state index in [1.165, 1.54) is 4.90 Å². The lowest BCUT2D eigenvalue weighted by molar-refractivity contribution is -0.148. The lowest BCUT2D eigenvalue weighted by Gasteiger charge is -2.29. The van der Waals surface area contributed by atoms with Gasteiger partial charge in [0.1, 0.15) is 11.8 Å². The van der Waals surface area contributed by atoms with Crippen LogP contribution in [0.25, 0.3) is 0 Å². The molecular weight excluding hydrogens is 392 g/mol. The fourth-order valence-corrected chi connectivity index (χ4v) is 4.43. The number of rotatable bonds is 8. The molecule has 1 aliphatic carbocycles. The van der Waals surface area contributed by atoms with Gasteiger partial charge in [-0.2, -0.15) is 0 Å². The molecule has 168 valence electrons. The summed E-state index contributed by atoms with van der Waals surface area (Å²) in [7, 11) is 0. The Morgan fingerprint density at radius 2 is 1.68 bits per heavy atom. The highest BCUT2D eigenvalue weighted by molar-refractivity contribution is 6.08. The number of nitrogens with zero attached hydrogens (tertiary/aromatic N) is 1. The van der Waals surface area contributed by atoms with E-state index in [0.717, 1.165) is 11.3 Å². The number of fused-ring (bicyclic) bond motifs is 1. The first-order valence-electron chi connectivity index (χ1n) is 11.3. The van der Waals surface area contributed by atoms with Crippen LogP contribution in [0, 0.1) is 17.8 Å². The summed E-state index contributed by atoms with van der Waals surface area (Å²) in [6.45, 7) is 9.82. The molecule has 1 fully saturated rings. The van der Waals surface area contributed by atoms with Gasteiger partial charge >= 0.3 is 0 Å². The summed E-state index contributed by atoms with van der Waals surface area (Å²) < 4.78 is 5.76. The Bertz CT molecular complexity index is 835. The number of hydrogen-bond acceptors (Lipinski definition) is 4. The number of amides is 3. The van der Waals surface area contributed by atoms with E-state index in [4.69, 9.17) is 4.74 Å². The van der Waals surface area contributed by atoms with Crippen molar-refractivity contribution in [2.75, 3.05) is 0 Å². The van der Waals surface area contributed by atoms with Gasteiger partial charge in [-0.05, 0) is 63.6 Å². The smallest absolute Gasteiger partial charge is 0.243 e. The van der Waals surface area contributed by atoms with Crippen molar-refractivity contribution in [3.05, 3.63) is 42.0 Å². The van der Waals surface area contributed by atoms with Crippen molar-refractivity contribution >= 4 is 17.7 Å². The molecule has 0 saturated carbocycles. The Balaban J connectivity index is 1.78. The molecule has 0 radical (unpaired) electrons. The number of nitrogens with one attached hydrogen (secondary N) is 1. The summed E-state index contributed by atoms with van der Waals surface area (Å²) in [6.07, 6.45) is 5.56. The maximum atomic E-state index is 13.3. The zero-order chi connectivity index (χ0) is 22.7. The first kappa shape index (κ1) is 23.0. The summed E-state index contributed by atoms with van der Waals surface area (Å²) in [5, 5.41) is 3.03. The van der Waals surface area contributed by atoms with Crippen molar-refractivity contribution in [1.82, 2.24) is 10.2 Å². The van der Waals surface area contributed by atoms with E-state index in [9.17, 15) is 14.4 Å². The number of ether oxygens (including phenoxy) is 1. The predicted octanol–water partition coefficient (Wildman–Crippen LogP) is 4.02. The van der Waals surface area contributed by atoms with Crippen LogP contribution in [-0.2, 0) is 14.4 Å². The highest BCUT2D eigenvalue weighted by Crippen LogP contribution is 2.37. The molecule has 1 aliphatic heterocycles. The molecule has 1 saturated heterocycles. The van der Waals surface area contributed by atoms with E-state index >= 15 is 0 Å². The van der Waals surface area contributed by atoms with Gasteiger partial charge in [0.15, 0.2) is 0 Å². The van der Waals surface area contributed by atoms with Gasteiger partial charge in [0.05, 0.1) is 24.0 Å². The van der Waals surface area contributed by atoms with E-state index in [1.54, 1.807) is 0 Å². The zero-order valence-corrected chi connectivity index (χ0v) is 19.1. The molecule has 31 heavy (non-hydrogen) atoms. The standard InChI is InChI=1S/C25H34N2O4/c1-15(2)13-22(27-24(29)20-11-6-7-12-21(20)25(27)30)23(28)26-17(5)18-9-8-10-19(14-18)31-16(3)4/h6-10,14-17,20-22H,11-13H2,1-5H3,(H,26,28)/t17-,20-,21+,22-/m1/s1. The lowest BCUT2D eigenvalue weighted by Crippen LogP contribution is -2.51. The van der Waals surface area contributed by atoms with Crippen molar-refractivity contribution < 1.29 is 19.1 Å². The van der Waals surface area contributed by atoms with Gasteiger partial charge in [-0.1, -0.05) is 38.1 Å². The summed E-state index contributed by atoms with van der Waals surface area (Å²) >= 11 is 0. The first-order chi connectivity index (χ1) is 14.7. The van der Waals surface area contributed by atoms with Crippen LogP contribution < -0.4 is 10.1 Å². The quantitative estimate of drug-likeness (QED) is 0.503. The van der Waals surface area contributed by atoms with Gasteiger partial charge in [-0.25, -0.2) is 0 Å². The highest BCUT2D eigenvalue weighted by Gasteiger charge is 2.51. The van der Waals surface area contributed by atoms with E-state index in [2.05, 4.69) is 5.32 Å². The third kappa shape index (κ3) is 5.17.